The van der Waals surface area contributed by atoms with E-state index in [0.717, 1.165) is 26.2 Å². The minimum atomic E-state index is -1.52. The number of nitrogen functional groups attached to an aromatic ring is 1. The molecular formula is C23H40N10O5Zn+2. The van der Waals surface area contributed by atoms with Crippen molar-refractivity contribution in [2.24, 2.45) is 0 Å². The fourth-order valence-electron chi connectivity index (χ4n) is 4.06. The molecule has 2 saturated heterocycles. The summed E-state index contributed by atoms with van der Waals surface area (Å²) in [6.45, 7) is 9.53. The first-order valence-electron chi connectivity index (χ1n) is 13.0. The molecule has 4 heterocycles. The van der Waals surface area contributed by atoms with Gasteiger partial charge in [-0.1, -0.05) is 20.3 Å². The minimum absolute atomic E-state index is 0. The molecule has 2 aromatic heterocycles. The molecule has 0 aliphatic carbocycles. The van der Waals surface area contributed by atoms with Gasteiger partial charge in [0.15, 0.2) is 23.8 Å². The van der Waals surface area contributed by atoms with Crippen LogP contribution >= 0.6 is 0 Å². The van der Waals surface area contributed by atoms with Crippen molar-refractivity contribution in [3.8, 4) is 0 Å². The van der Waals surface area contributed by atoms with Crippen molar-refractivity contribution in [3.05, 3.63) is 12.7 Å². The van der Waals surface area contributed by atoms with E-state index in [-0.39, 0.29) is 37.7 Å². The number of anilines is 1. The molecule has 212 valence electrons. The predicted octanol–water partition coefficient (Wildman–Crippen LogP) is -2.83. The summed E-state index contributed by atoms with van der Waals surface area (Å²) in [6, 6.07) is 0. The van der Waals surface area contributed by atoms with Crippen LogP contribution in [0, 0.1) is 0 Å². The van der Waals surface area contributed by atoms with Crippen LogP contribution in [0.25, 0.3) is 11.2 Å². The number of nitrogens with zero attached hydrogens (tertiary/aromatic N) is 5. The monoisotopic (exact) mass is 600 g/mol. The largest absolute Gasteiger partial charge is 2.00 e. The van der Waals surface area contributed by atoms with Gasteiger partial charge in [0.2, 0.25) is 5.91 Å². The number of rotatable bonds is 4. The maximum atomic E-state index is 12.8. The van der Waals surface area contributed by atoms with Crippen molar-refractivity contribution >= 4 is 28.8 Å². The van der Waals surface area contributed by atoms with E-state index in [4.69, 9.17) is 10.5 Å². The van der Waals surface area contributed by atoms with Crippen molar-refractivity contribution in [2.45, 2.75) is 44.8 Å². The van der Waals surface area contributed by atoms with Gasteiger partial charge in [-0.2, -0.15) is 0 Å². The molecule has 2 aliphatic rings. The molecule has 2 aromatic rings. The summed E-state index contributed by atoms with van der Waals surface area (Å²) in [5.41, 5.74) is 6.39. The number of hydrogen-bond donors (Lipinski definition) is 7. The Bertz CT molecular complexity index is 1030. The number of nitrogens with two attached hydrogens (primary N) is 1. The van der Waals surface area contributed by atoms with Gasteiger partial charge < -0.3 is 46.9 Å². The van der Waals surface area contributed by atoms with Gasteiger partial charge in [0.05, 0.1) is 12.9 Å². The molecule has 0 radical (unpaired) electrons. The molecule has 0 bridgehead atoms. The van der Waals surface area contributed by atoms with E-state index in [1.807, 2.05) is 0 Å². The Balaban J connectivity index is 0.00000127. The predicted molar refractivity (Wildman–Crippen MR) is 140 cm³/mol. The summed E-state index contributed by atoms with van der Waals surface area (Å²) in [6.07, 6.45) is -1.63. The molecule has 39 heavy (non-hydrogen) atoms. The number of amides is 2. The Morgan fingerprint density at radius 1 is 1.03 bits per heavy atom. The number of aliphatic hydroxyl groups excluding tert-OH is 2. The summed E-state index contributed by atoms with van der Waals surface area (Å²) < 4.78 is 7.05. The van der Waals surface area contributed by atoms with Gasteiger partial charge in [-0.3, -0.25) is 14.2 Å². The number of ether oxygens (including phenoxy) is 1. The van der Waals surface area contributed by atoms with E-state index in [1.165, 1.54) is 23.6 Å². The van der Waals surface area contributed by atoms with Gasteiger partial charge in [-0.05, 0) is 0 Å². The molecule has 0 aromatic carbocycles. The molecule has 15 nitrogen and oxygen atoms in total. The second-order valence-electron chi connectivity index (χ2n) is 9.07. The maximum Gasteiger partial charge on any atom is 2.00 e. The van der Waals surface area contributed by atoms with E-state index in [1.54, 1.807) is 4.90 Å². The first-order chi connectivity index (χ1) is 18.4. The molecule has 2 amide bonds. The van der Waals surface area contributed by atoms with Crippen molar-refractivity contribution in [2.75, 3.05) is 64.6 Å². The second kappa shape index (κ2) is 16.7. The standard InChI is InChI=1S/C20H32N10O5.C3H8.Zn/c21-17-13-18(27-10-26-17)30(11-28-13)20-15(33)14(32)16(35-20)19(34)25-9-12(31)29-7-5-23-3-1-22-2-4-24-6-8-29;1-3-2;/h10-11,14-16,20,22-24,32-33H,1-9H2,(H,25,34)(H2,21,26,27);3H2,1-2H3;/q;;+2/t14-,15+,16-,20+;;/m0../s1. The zero-order chi connectivity index (χ0) is 27.5. The van der Waals surface area contributed by atoms with E-state index in [0.29, 0.717) is 37.3 Å². The number of imidazole rings is 1. The fraction of sp³-hybridized carbons (Fsp3) is 0.696. The number of carbonyl (C=O) groups excluding carboxylic acids is 2. The van der Waals surface area contributed by atoms with Crippen LogP contribution in [0.3, 0.4) is 0 Å². The smallest absolute Gasteiger partial charge is 0.387 e. The van der Waals surface area contributed by atoms with Crippen LogP contribution in [0.15, 0.2) is 12.7 Å². The molecular weight excluding hydrogens is 562 g/mol. The normalized spacial score (nSPS) is 24.5. The third-order valence-electron chi connectivity index (χ3n) is 6.00. The minimum Gasteiger partial charge on any atom is -0.387 e. The van der Waals surface area contributed by atoms with Crippen molar-refractivity contribution < 1.29 is 44.0 Å². The Hall–Kier alpha value is -2.33. The molecule has 16 heteroatoms. The average molecular weight is 602 g/mol. The molecule has 0 saturated carbocycles. The summed E-state index contributed by atoms with van der Waals surface area (Å²) in [5, 5.41) is 33.4. The first-order valence-corrected chi connectivity index (χ1v) is 13.0. The van der Waals surface area contributed by atoms with Crippen LogP contribution in [0.2, 0.25) is 0 Å². The van der Waals surface area contributed by atoms with Gasteiger partial charge in [-0.15, -0.1) is 0 Å². The number of carbonyl (C=O) groups is 2. The molecule has 0 spiro atoms. The zero-order valence-corrected chi connectivity index (χ0v) is 25.6. The van der Waals surface area contributed by atoms with Crippen LogP contribution < -0.4 is 27.0 Å². The van der Waals surface area contributed by atoms with E-state index >= 15 is 0 Å². The molecule has 4 rings (SSSR count). The molecule has 4 atom stereocenters. The van der Waals surface area contributed by atoms with Gasteiger partial charge >= 0.3 is 19.5 Å². The zero-order valence-electron chi connectivity index (χ0n) is 22.7. The third kappa shape index (κ3) is 8.83. The van der Waals surface area contributed by atoms with Crippen LogP contribution in [0.5, 0.6) is 0 Å². The molecule has 2 aliphatic heterocycles. The summed E-state index contributed by atoms with van der Waals surface area (Å²) >= 11 is 0. The van der Waals surface area contributed by atoms with Gasteiger partial charge in [-0.25, -0.2) is 15.0 Å². The topological polar surface area (TPSA) is 205 Å². The Kier molecular flexibility index (Phi) is 14.1. The van der Waals surface area contributed by atoms with Crippen LogP contribution in [0.4, 0.5) is 5.82 Å². The Morgan fingerprint density at radius 2 is 1.62 bits per heavy atom. The fourth-order valence-corrected chi connectivity index (χ4v) is 4.06. The second-order valence-corrected chi connectivity index (χ2v) is 9.07. The average Bonchev–Trinajstić information content (AvgIpc) is 3.45. The number of aromatic nitrogens is 4. The Labute approximate surface area is 240 Å². The number of nitrogens with one attached hydrogen (secondary N) is 4. The van der Waals surface area contributed by atoms with Gasteiger partial charge in [0.25, 0.3) is 5.91 Å². The molecule has 8 N–H and O–H groups in total. The van der Waals surface area contributed by atoms with E-state index < -0.39 is 30.4 Å². The van der Waals surface area contributed by atoms with Crippen LogP contribution in [-0.4, -0.2) is 124 Å². The molecule has 2 fully saturated rings. The number of fused-ring (bicyclic) bond motifs is 1. The maximum absolute atomic E-state index is 12.8. The van der Waals surface area contributed by atoms with E-state index in [2.05, 4.69) is 50.1 Å². The van der Waals surface area contributed by atoms with Crippen LogP contribution in [0.1, 0.15) is 26.5 Å². The van der Waals surface area contributed by atoms with Crippen molar-refractivity contribution in [1.82, 2.24) is 45.7 Å². The third-order valence-corrected chi connectivity index (χ3v) is 6.00. The van der Waals surface area contributed by atoms with Crippen molar-refractivity contribution in [3.63, 3.8) is 0 Å². The summed E-state index contributed by atoms with van der Waals surface area (Å²) in [7, 11) is 0. The quantitative estimate of drug-likeness (QED) is 0.177. The van der Waals surface area contributed by atoms with Gasteiger partial charge in [0, 0.05) is 52.4 Å². The Morgan fingerprint density at radius 3 is 2.23 bits per heavy atom. The summed E-state index contributed by atoms with van der Waals surface area (Å²) in [5.74, 6) is -0.810. The van der Waals surface area contributed by atoms with Crippen LogP contribution in [-0.2, 0) is 33.8 Å². The van der Waals surface area contributed by atoms with Gasteiger partial charge in [0.1, 0.15) is 24.1 Å². The first kappa shape index (κ1) is 32.9. The summed E-state index contributed by atoms with van der Waals surface area (Å²) in [4.78, 5) is 39.3. The number of hydrogen-bond acceptors (Lipinski definition) is 12. The van der Waals surface area contributed by atoms with E-state index in [9.17, 15) is 19.8 Å². The molecule has 0 unspecified atom stereocenters. The SMILES string of the molecule is CCC.Nc1ncnc2c1ncn2[C@@H]1O[C@H](C(=O)NCC(=O)N2CCNCCNCCNCC2)[C@@H](O)[C@H]1O.[Zn+2]. The number of aliphatic hydroxyl groups is 2. The van der Waals surface area contributed by atoms with Crippen molar-refractivity contribution in [1.29, 1.82) is 0 Å².